The fraction of sp³-hybridized carbons (Fsp3) is 0.550. The summed E-state index contributed by atoms with van der Waals surface area (Å²) in [7, 11) is 1.91. The maximum absolute atomic E-state index is 13.4. The van der Waals surface area contributed by atoms with Gasteiger partial charge in [-0.2, -0.15) is 5.10 Å². The second-order valence-corrected chi connectivity index (χ2v) is 7.32. The van der Waals surface area contributed by atoms with Crippen LogP contribution in [0.5, 0.6) is 0 Å². The minimum atomic E-state index is 0.00468. The van der Waals surface area contributed by atoms with Crippen LogP contribution in [-0.4, -0.2) is 44.7 Å². The molecule has 26 heavy (non-hydrogen) atoms. The van der Waals surface area contributed by atoms with Gasteiger partial charge in [0.05, 0.1) is 12.2 Å². The van der Waals surface area contributed by atoms with Crippen LogP contribution >= 0.6 is 0 Å². The summed E-state index contributed by atoms with van der Waals surface area (Å²) in [5, 5.41) is 7.93. The number of nitrogens with one attached hydrogen (secondary N) is 1. The van der Waals surface area contributed by atoms with Crippen molar-refractivity contribution in [3.8, 4) is 0 Å². The van der Waals surface area contributed by atoms with Gasteiger partial charge in [0.15, 0.2) is 5.69 Å². The Morgan fingerprint density at radius 2 is 2.19 bits per heavy atom. The van der Waals surface area contributed by atoms with Gasteiger partial charge in [0, 0.05) is 25.0 Å². The molecule has 1 N–H and O–H groups in total. The van der Waals surface area contributed by atoms with Crippen molar-refractivity contribution in [3.63, 3.8) is 0 Å². The quantitative estimate of drug-likeness (QED) is 0.896. The van der Waals surface area contributed by atoms with E-state index in [1.54, 1.807) is 6.20 Å². The summed E-state index contributed by atoms with van der Waals surface area (Å²) in [5.74, 6) is 0.338. The highest BCUT2D eigenvalue weighted by atomic mass is 16.2. The Morgan fingerprint density at radius 3 is 2.88 bits per heavy atom. The SMILES string of the molecule is CC(C)c1cc(C(=O)N(Cc2ccccn2)C2CCCNCC2)nn1C. The highest BCUT2D eigenvalue weighted by Gasteiger charge is 2.28. The molecule has 3 rings (SSSR count). The first-order valence-electron chi connectivity index (χ1n) is 9.51. The smallest absolute Gasteiger partial charge is 0.274 e. The van der Waals surface area contributed by atoms with E-state index in [9.17, 15) is 4.79 Å². The van der Waals surface area contributed by atoms with Gasteiger partial charge in [0.1, 0.15) is 0 Å². The number of hydrogen-bond donors (Lipinski definition) is 1. The summed E-state index contributed by atoms with van der Waals surface area (Å²) < 4.78 is 1.82. The average molecular weight is 355 g/mol. The van der Waals surface area contributed by atoms with Crippen LogP contribution in [0.25, 0.3) is 0 Å². The minimum Gasteiger partial charge on any atom is -0.328 e. The molecule has 3 heterocycles. The van der Waals surface area contributed by atoms with Crippen molar-refractivity contribution >= 4 is 5.91 Å². The fourth-order valence-electron chi connectivity index (χ4n) is 3.62. The van der Waals surface area contributed by atoms with Crippen LogP contribution < -0.4 is 5.32 Å². The molecule has 0 aromatic carbocycles. The number of pyridine rings is 1. The van der Waals surface area contributed by atoms with E-state index in [-0.39, 0.29) is 11.9 Å². The zero-order chi connectivity index (χ0) is 18.5. The number of carbonyl (C=O) groups excluding carboxylic acids is 1. The first-order valence-corrected chi connectivity index (χ1v) is 9.51. The molecule has 1 amide bonds. The predicted molar refractivity (Wildman–Crippen MR) is 102 cm³/mol. The lowest BCUT2D eigenvalue weighted by Crippen LogP contribution is -2.40. The standard InChI is InChI=1S/C20H29N5O/c1-15(2)19-13-18(23-24(19)3)20(26)25(14-16-7-4-5-11-22-16)17-8-6-10-21-12-9-17/h4-5,7,11,13,15,17,21H,6,8-10,12,14H2,1-3H3. The van der Waals surface area contributed by atoms with Crippen molar-refractivity contribution in [3.05, 3.63) is 47.5 Å². The lowest BCUT2D eigenvalue weighted by molar-refractivity contribution is 0.0635. The predicted octanol–water partition coefficient (Wildman–Crippen LogP) is 2.72. The second-order valence-electron chi connectivity index (χ2n) is 7.32. The number of aromatic nitrogens is 3. The zero-order valence-electron chi connectivity index (χ0n) is 16.0. The molecule has 6 nitrogen and oxygen atoms in total. The van der Waals surface area contributed by atoms with Crippen LogP contribution in [0, 0.1) is 0 Å². The van der Waals surface area contributed by atoms with Gasteiger partial charge in [-0.25, -0.2) is 0 Å². The molecule has 0 saturated carbocycles. The van der Waals surface area contributed by atoms with Crippen molar-refractivity contribution < 1.29 is 4.79 Å². The molecule has 1 aliphatic heterocycles. The van der Waals surface area contributed by atoms with Crippen molar-refractivity contribution in [2.75, 3.05) is 13.1 Å². The Labute approximate surface area is 155 Å². The molecule has 140 valence electrons. The van der Waals surface area contributed by atoms with Gasteiger partial charge in [0.25, 0.3) is 5.91 Å². The molecule has 1 aliphatic rings. The van der Waals surface area contributed by atoms with Crippen molar-refractivity contribution in [2.24, 2.45) is 7.05 Å². The van der Waals surface area contributed by atoms with Gasteiger partial charge >= 0.3 is 0 Å². The Morgan fingerprint density at radius 1 is 1.35 bits per heavy atom. The second kappa shape index (κ2) is 8.45. The third-order valence-electron chi connectivity index (χ3n) is 5.03. The van der Waals surface area contributed by atoms with E-state index in [0.29, 0.717) is 18.2 Å². The number of aryl methyl sites for hydroxylation is 1. The van der Waals surface area contributed by atoms with Gasteiger partial charge in [-0.1, -0.05) is 19.9 Å². The molecule has 0 bridgehead atoms. The van der Waals surface area contributed by atoms with Crippen LogP contribution in [0.2, 0.25) is 0 Å². The number of rotatable bonds is 5. The maximum atomic E-state index is 13.4. The zero-order valence-corrected chi connectivity index (χ0v) is 16.0. The minimum absolute atomic E-state index is 0.00468. The third-order valence-corrected chi connectivity index (χ3v) is 5.03. The molecule has 6 heteroatoms. The molecule has 0 spiro atoms. The fourth-order valence-corrected chi connectivity index (χ4v) is 3.62. The van der Waals surface area contributed by atoms with Gasteiger partial charge in [-0.15, -0.1) is 0 Å². The van der Waals surface area contributed by atoms with Gasteiger partial charge in [0.2, 0.25) is 0 Å². The molecular weight excluding hydrogens is 326 g/mol. The van der Waals surface area contributed by atoms with E-state index in [2.05, 4.69) is 29.2 Å². The molecule has 1 unspecified atom stereocenters. The molecule has 2 aromatic rings. The van der Waals surface area contributed by atoms with Crippen LogP contribution in [0.4, 0.5) is 0 Å². The molecule has 0 radical (unpaired) electrons. The summed E-state index contributed by atoms with van der Waals surface area (Å²) in [5.41, 5.74) is 2.52. The van der Waals surface area contributed by atoms with E-state index in [0.717, 1.165) is 43.7 Å². The van der Waals surface area contributed by atoms with Gasteiger partial charge in [-0.05, 0) is 56.5 Å². The van der Waals surface area contributed by atoms with Crippen LogP contribution in [-0.2, 0) is 13.6 Å². The summed E-state index contributed by atoms with van der Waals surface area (Å²) >= 11 is 0. The first-order chi connectivity index (χ1) is 12.6. The Kier molecular flexibility index (Phi) is 6.04. The van der Waals surface area contributed by atoms with Crippen LogP contribution in [0.3, 0.4) is 0 Å². The van der Waals surface area contributed by atoms with Crippen molar-refractivity contribution in [2.45, 2.75) is 51.6 Å². The average Bonchev–Trinajstić information content (AvgIpc) is 2.85. The number of amides is 1. The van der Waals surface area contributed by atoms with E-state index in [1.807, 2.05) is 40.9 Å². The van der Waals surface area contributed by atoms with Crippen molar-refractivity contribution in [1.82, 2.24) is 25.0 Å². The first kappa shape index (κ1) is 18.6. The molecule has 2 aromatic heterocycles. The third kappa shape index (κ3) is 4.30. The molecule has 1 saturated heterocycles. The maximum Gasteiger partial charge on any atom is 0.274 e. The van der Waals surface area contributed by atoms with E-state index < -0.39 is 0 Å². The summed E-state index contributed by atoms with van der Waals surface area (Å²) in [6, 6.07) is 8.00. The Hall–Kier alpha value is -2.21. The number of carbonyl (C=O) groups is 1. The summed E-state index contributed by atoms with van der Waals surface area (Å²) in [6.45, 7) is 6.72. The van der Waals surface area contributed by atoms with E-state index in [1.165, 1.54) is 0 Å². The molecular formula is C20H29N5O. The summed E-state index contributed by atoms with van der Waals surface area (Å²) in [4.78, 5) is 19.8. The van der Waals surface area contributed by atoms with E-state index in [4.69, 9.17) is 0 Å². The monoisotopic (exact) mass is 355 g/mol. The van der Waals surface area contributed by atoms with Gasteiger partial charge < -0.3 is 10.2 Å². The van der Waals surface area contributed by atoms with Gasteiger partial charge in [-0.3, -0.25) is 14.5 Å². The lowest BCUT2D eigenvalue weighted by Gasteiger charge is -2.30. The molecule has 0 aliphatic carbocycles. The molecule has 1 atom stereocenters. The topological polar surface area (TPSA) is 63.1 Å². The van der Waals surface area contributed by atoms with Crippen molar-refractivity contribution in [1.29, 1.82) is 0 Å². The number of hydrogen-bond acceptors (Lipinski definition) is 4. The summed E-state index contributed by atoms with van der Waals surface area (Å²) in [6.07, 6.45) is 4.83. The normalized spacial score (nSPS) is 17.9. The van der Waals surface area contributed by atoms with Crippen LogP contribution in [0.15, 0.2) is 30.5 Å². The molecule has 1 fully saturated rings. The largest absolute Gasteiger partial charge is 0.328 e. The Balaban J connectivity index is 1.88. The highest BCUT2D eigenvalue weighted by molar-refractivity contribution is 5.92. The van der Waals surface area contributed by atoms with E-state index >= 15 is 0 Å². The highest BCUT2D eigenvalue weighted by Crippen LogP contribution is 2.21. The number of nitrogens with zero attached hydrogens (tertiary/aromatic N) is 4. The lowest BCUT2D eigenvalue weighted by atomic mass is 10.1. The van der Waals surface area contributed by atoms with Crippen LogP contribution in [0.1, 0.15) is 60.9 Å². The Bertz CT molecular complexity index is 717.